The number of hydrogen-bond acceptors (Lipinski definition) is 3. The van der Waals surface area contributed by atoms with E-state index in [1.54, 1.807) is 0 Å². The molecule has 1 aliphatic heterocycles. The Balaban J connectivity index is 2.26. The average molecular weight is 265 g/mol. The Morgan fingerprint density at radius 3 is 2.16 bits per heavy atom. The zero-order valence-corrected chi connectivity index (χ0v) is 12.2. The second-order valence-corrected chi connectivity index (χ2v) is 6.17. The molecular formula is C15H23NO3. The Labute approximate surface area is 114 Å². The molecule has 0 aliphatic carbocycles. The van der Waals surface area contributed by atoms with Crippen LogP contribution in [0.2, 0.25) is 0 Å². The highest BCUT2D eigenvalue weighted by Gasteiger charge is 2.26. The molecule has 0 aromatic heterocycles. The van der Waals surface area contributed by atoms with Crippen LogP contribution in [0.3, 0.4) is 0 Å². The van der Waals surface area contributed by atoms with E-state index in [-0.39, 0.29) is 28.9 Å². The van der Waals surface area contributed by atoms with Crippen molar-refractivity contribution in [2.24, 2.45) is 11.3 Å². The fourth-order valence-corrected chi connectivity index (χ4v) is 2.24. The fraction of sp³-hybridized carbons (Fsp3) is 0.667. The van der Waals surface area contributed by atoms with Gasteiger partial charge in [0.15, 0.2) is 0 Å². The largest absolute Gasteiger partial charge is 0.299 e. The minimum absolute atomic E-state index is 0.0307. The van der Waals surface area contributed by atoms with E-state index in [4.69, 9.17) is 0 Å². The lowest BCUT2D eigenvalue weighted by atomic mass is 9.82. The molecule has 2 amide bonds. The molecule has 1 rings (SSSR count). The maximum Gasteiger partial charge on any atom is 0.253 e. The quantitative estimate of drug-likeness (QED) is 0.547. The maximum absolute atomic E-state index is 12.0. The van der Waals surface area contributed by atoms with E-state index >= 15 is 0 Å². The molecular weight excluding hydrogens is 242 g/mol. The van der Waals surface area contributed by atoms with Crippen LogP contribution in [0.15, 0.2) is 12.2 Å². The van der Waals surface area contributed by atoms with E-state index < -0.39 is 0 Å². The summed E-state index contributed by atoms with van der Waals surface area (Å²) in [6.07, 6.45) is 5.00. The van der Waals surface area contributed by atoms with E-state index in [1.807, 2.05) is 27.7 Å². The molecule has 106 valence electrons. The lowest BCUT2D eigenvalue weighted by molar-refractivity contribution is -0.137. The minimum Gasteiger partial charge on any atom is -0.299 e. The van der Waals surface area contributed by atoms with Crippen molar-refractivity contribution in [3.8, 4) is 0 Å². The summed E-state index contributed by atoms with van der Waals surface area (Å²) < 4.78 is 0. The molecule has 0 bridgehead atoms. The molecule has 0 radical (unpaired) electrons. The molecule has 1 unspecified atom stereocenters. The van der Waals surface area contributed by atoms with Crippen molar-refractivity contribution < 1.29 is 14.4 Å². The Morgan fingerprint density at radius 2 is 1.68 bits per heavy atom. The Morgan fingerprint density at radius 1 is 1.16 bits per heavy atom. The van der Waals surface area contributed by atoms with E-state index in [2.05, 4.69) is 0 Å². The number of hydrogen-bond donors (Lipinski definition) is 0. The second kappa shape index (κ2) is 6.13. The molecule has 0 N–H and O–H groups in total. The Hall–Kier alpha value is -1.45. The number of Topliss-reactive ketones (excluding diaryl/α,β-unsaturated/α-hetero) is 1. The summed E-state index contributed by atoms with van der Waals surface area (Å²) in [5.74, 6) is -0.168. The number of carbonyl (C=O) groups is 3. The van der Waals surface area contributed by atoms with Gasteiger partial charge in [-0.2, -0.15) is 0 Å². The van der Waals surface area contributed by atoms with Gasteiger partial charge in [-0.15, -0.1) is 0 Å². The molecule has 0 saturated carbocycles. The van der Waals surface area contributed by atoms with Gasteiger partial charge in [-0.3, -0.25) is 19.3 Å². The molecule has 0 aromatic carbocycles. The Kier molecular flexibility index (Phi) is 5.04. The first-order chi connectivity index (χ1) is 8.73. The molecule has 0 fully saturated rings. The van der Waals surface area contributed by atoms with E-state index in [9.17, 15) is 14.4 Å². The van der Waals surface area contributed by atoms with Crippen LogP contribution in [0.1, 0.15) is 47.0 Å². The van der Waals surface area contributed by atoms with Gasteiger partial charge in [0.05, 0.1) is 0 Å². The molecule has 1 aliphatic rings. The normalized spacial score (nSPS) is 17.2. The molecule has 19 heavy (non-hydrogen) atoms. The van der Waals surface area contributed by atoms with Gasteiger partial charge in [-0.25, -0.2) is 0 Å². The van der Waals surface area contributed by atoms with Gasteiger partial charge in [0.2, 0.25) is 0 Å². The van der Waals surface area contributed by atoms with Crippen molar-refractivity contribution in [2.45, 2.75) is 47.0 Å². The van der Waals surface area contributed by atoms with Crippen molar-refractivity contribution in [2.75, 3.05) is 6.54 Å². The van der Waals surface area contributed by atoms with Crippen LogP contribution < -0.4 is 0 Å². The first-order valence-corrected chi connectivity index (χ1v) is 6.81. The van der Waals surface area contributed by atoms with Crippen LogP contribution >= 0.6 is 0 Å². The number of imide groups is 1. The van der Waals surface area contributed by atoms with Crippen LogP contribution in [0, 0.1) is 11.3 Å². The molecule has 4 heteroatoms. The third kappa shape index (κ3) is 4.30. The fourth-order valence-electron chi connectivity index (χ4n) is 2.24. The van der Waals surface area contributed by atoms with Gasteiger partial charge in [0.25, 0.3) is 11.8 Å². The molecule has 0 saturated heterocycles. The molecule has 0 spiro atoms. The van der Waals surface area contributed by atoms with Gasteiger partial charge >= 0.3 is 0 Å². The van der Waals surface area contributed by atoms with Crippen molar-refractivity contribution in [1.29, 1.82) is 0 Å². The summed E-state index contributed by atoms with van der Waals surface area (Å²) in [5.41, 5.74) is -0.301. The first kappa shape index (κ1) is 15.6. The van der Waals surface area contributed by atoms with Gasteiger partial charge in [-0.05, 0) is 12.8 Å². The standard InChI is InChI=1S/C15H23NO3/c1-11(14(19)15(2,3)4)7-5-6-10-16-12(17)8-9-13(16)18/h8-9,11H,5-7,10H2,1-4H3. The van der Waals surface area contributed by atoms with Crippen molar-refractivity contribution >= 4 is 17.6 Å². The highest BCUT2D eigenvalue weighted by atomic mass is 16.2. The molecule has 1 atom stereocenters. The second-order valence-electron chi connectivity index (χ2n) is 6.17. The lowest BCUT2D eigenvalue weighted by Gasteiger charge is -2.22. The van der Waals surface area contributed by atoms with Crippen LogP contribution in [0.5, 0.6) is 0 Å². The first-order valence-electron chi connectivity index (χ1n) is 6.81. The van der Waals surface area contributed by atoms with Gasteiger partial charge in [0.1, 0.15) is 5.78 Å². The highest BCUT2D eigenvalue weighted by molar-refractivity contribution is 6.12. The van der Waals surface area contributed by atoms with Crippen molar-refractivity contribution in [3.63, 3.8) is 0 Å². The summed E-state index contributed by atoms with van der Waals surface area (Å²) >= 11 is 0. The maximum atomic E-state index is 12.0. The summed E-state index contributed by atoms with van der Waals surface area (Å²) in [7, 11) is 0. The van der Waals surface area contributed by atoms with Gasteiger partial charge < -0.3 is 0 Å². The van der Waals surface area contributed by atoms with E-state index in [1.165, 1.54) is 17.1 Å². The van der Waals surface area contributed by atoms with Crippen molar-refractivity contribution in [3.05, 3.63) is 12.2 Å². The zero-order chi connectivity index (χ0) is 14.6. The van der Waals surface area contributed by atoms with Crippen LogP contribution in [0.25, 0.3) is 0 Å². The van der Waals surface area contributed by atoms with Crippen LogP contribution in [-0.2, 0) is 14.4 Å². The van der Waals surface area contributed by atoms with Crippen molar-refractivity contribution in [1.82, 2.24) is 4.90 Å². The number of nitrogens with zero attached hydrogens (tertiary/aromatic N) is 1. The van der Waals surface area contributed by atoms with E-state index in [0.717, 1.165) is 19.3 Å². The predicted molar refractivity (Wildman–Crippen MR) is 73.3 cm³/mol. The zero-order valence-electron chi connectivity index (χ0n) is 12.2. The summed E-state index contributed by atoms with van der Waals surface area (Å²) in [5, 5.41) is 0. The predicted octanol–water partition coefficient (Wildman–Crippen LogP) is 2.33. The van der Waals surface area contributed by atoms with Gasteiger partial charge in [0, 0.05) is 30.0 Å². The third-order valence-electron chi connectivity index (χ3n) is 3.36. The smallest absolute Gasteiger partial charge is 0.253 e. The number of unbranched alkanes of at least 4 members (excludes halogenated alkanes) is 1. The van der Waals surface area contributed by atoms with E-state index in [0.29, 0.717) is 6.54 Å². The summed E-state index contributed by atoms with van der Waals surface area (Å²) in [6.45, 7) is 8.18. The summed E-state index contributed by atoms with van der Waals surface area (Å²) in [6, 6.07) is 0. The molecule has 0 aromatic rings. The molecule has 4 nitrogen and oxygen atoms in total. The number of rotatable bonds is 6. The monoisotopic (exact) mass is 265 g/mol. The van der Waals surface area contributed by atoms with Crippen LogP contribution in [-0.4, -0.2) is 29.0 Å². The Bertz CT molecular complexity index is 386. The number of carbonyl (C=O) groups excluding carboxylic acids is 3. The molecule has 1 heterocycles. The highest BCUT2D eigenvalue weighted by Crippen LogP contribution is 2.23. The SMILES string of the molecule is CC(CCCCN1C(=O)C=CC1=O)C(=O)C(C)(C)C. The topological polar surface area (TPSA) is 54.5 Å². The van der Waals surface area contributed by atoms with Gasteiger partial charge in [-0.1, -0.05) is 34.1 Å². The van der Waals surface area contributed by atoms with Crippen LogP contribution in [0.4, 0.5) is 0 Å². The average Bonchev–Trinajstić information content (AvgIpc) is 2.63. The number of ketones is 1. The summed E-state index contributed by atoms with van der Waals surface area (Å²) in [4.78, 5) is 35.9. The number of amides is 2. The third-order valence-corrected chi connectivity index (χ3v) is 3.36. The lowest BCUT2D eigenvalue weighted by Crippen LogP contribution is -2.31. The minimum atomic E-state index is -0.301.